The minimum atomic E-state index is 0.147. The van der Waals surface area contributed by atoms with Crippen LogP contribution in [0.4, 0.5) is 11.4 Å². The molecule has 0 amide bonds. The molecule has 3 heteroatoms. The lowest BCUT2D eigenvalue weighted by molar-refractivity contribution is 0.244. The van der Waals surface area contributed by atoms with Crippen molar-refractivity contribution in [2.24, 2.45) is 0 Å². The molecule has 0 aliphatic heterocycles. The van der Waals surface area contributed by atoms with E-state index in [9.17, 15) is 0 Å². The van der Waals surface area contributed by atoms with Gasteiger partial charge >= 0.3 is 0 Å². The van der Waals surface area contributed by atoms with E-state index in [1.165, 1.54) is 12.8 Å². The van der Waals surface area contributed by atoms with Gasteiger partial charge < -0.3 is 15.8 Å². The molecule has 1 aromatic rings. The SMILES string of the molecule is CC(C)Oc1cc(NC2(C)CC2)ccc1N. The number of nitrogens with one attached hydrogen (secondary N) is 1. The Hall–Kier alpha value is -1.38. The van der Waals surface area contributed by atoms with Crippen LogP contribution in [0.25, 0.3) is 0 Å². The number of rotatable bonds is 4. The quantitative estimate of drug-likeness (QED) is 0.767. The molecule has 0 spiro atoms. The van der Waals surface area contributed by atoms with Crippen molar-refractivity contribution >= 4 is 11.4 Å². The van der Waals surface area contributed by atoms with Crippen LogP contribution in [-0.4, -0.2) is 11.6 Å². The number of nitrogens with two attached hydrogens (primary N) is 1. The second-order valence-electron chi connectivity index (χ2n) is 5.10. The largest absolute Gasteiger partial charge is 0.489 e. The summed E-state index contributed by atoms with van der Waals surface area (Å²) < 4.78 is 5.66. The van der Waals surface area contributed by atoms with Gasteiger partial charge in [0.25, 0.3) is 0 Å². The summed E-state index contributed by atoms with van der Waals surface area (Å²) in [7, 11) is 0. The lowest BCUT2D eigenvalue weighted by Crippen LogP contribution is -2.16. The van der Waals surface area contributed by atoms with Crippen LogP contribution in [0.3, 0.4) is 0 Å². The molecular formula is C13H20N2O. The minimum absolute atomic E-state index is 0.147. The second kappa shape index (κ2) is 3.89. The van der Waals surface area contributed by atoms with Gasteiger partial charge in [-0.1, -0.05) is 0 Å². The summed E-state index contributed by atoms with van der Waals surface area (Å²) in [5.41, 5.74) is 7.93. The summed E-state index contributed by atoms with van der Waals surface area (Å²) in [6.07, 6.45) is 2.62. The van der Waals surface area contributed by atoms with Crippen LogP contribution in [-0.2, 0) is 0 Å². The van der Waals surface area contributed by atoms with Crippen LogP contribution < -0.4 is 15.8 Å². The van der Waals surface area contributed by atoms with Crippen LogP contribution in [0.2, 0.25) is 0 Å². The highest BCUT2D eigenvalue weighted by Crippen LogP contribution is 2.39. The molecule has 1 aliphatic rings. The van der Waals surface area contributed by atoms with Crippen molar-refractivity contribution in [2.45, 2.75) is 45.3 Å². The highest BCUT2D eigenvalue weighted by atomic mass is 16.5. The highest BCUT2D eigenvalue weighted by Gasteiger charge is 2.37. The summed E-state index contributed by atoms with van der Waals surface area (Å²) in [6.45, 7) is 6.23. The van der Waals surface area contributed by atoms with Crippen LogP contribution >= 0.6 is 0 Å². The summed E-state index contributed by atoms with van der Waals surface area (Å²) in [5.74, 6) is 0.768. The van der Waals surface area contributed by atoms with E-state index in [4.69, 9.17) is 10.5 Å². The van der Waals surface area contributed by atoms with E-state index < -0.39 is 0 Å². The number of anilines is 2. The Morgan fingerprint density at radius 1 is 1.38 bits per heavy atom. The number of hydrogen-bond donors (Lipinski definition) is 2. The monoisotopic (exact) mass is 220 g/mol. The lowest BCUT2D eigenvalue weighted by Gasteiger charge is -2.17. The fourth-order valence-corrected chi connectivity index (χ4v) is 1.63. The standard InChI is InChI=1S/C13H20N2O/c1-9(2)16-12-8-10(4-5-11(12)14)15-13(3)6-7-13/h4-5,8-9,15H,6-7,14H2,1-3H3. The summed E-state index contributed by atoms with van der Waals surface area (Å²) in [5, 5.41) is 3.50. The molecule has 88 valence electrons. The number of benzene rings is 1. The van der Waals surface area contributed by atoms with Gasteiger partial charge in [0.05, 0.1) is 11.8 Å². The third-order valence-electron chi connectivity index (χ3n) is 2.82. The molecule has 1 aromatic carbocycles. The predicted molar refractivity (Wildman–Crippen MR) is 67.9 cm³/mol. The second-order valence-corrected chi connectivity index (χ2v) is 5.10. The molecule has 0 unspecified atom stereocenters. The van der Waals surface area contributed by atoms with Gasteiger partial charge in [0.15, 0.2) is 0 Å². The van der Waals surface area contributed by atoms with E-state index in [0.717, 1.165) is 11.4 Å². The third-order valence-corrected chi connectivity index (χ3v) is 2.82. The van der Waals surface area contributed by atoms with E-state index in [1.54, 1.807) is 0 Å². The molecule has 0 atom stereocenters. The van der Waals surface area contributed by atoms with Crippen molar-refractivity contribution in [1.29, 1.82) is 0 Å². The molecule has 0 heterocycles. The molecule has 2 rings (SSSR count). The predicted octanol–water partition coefficient (Wildman–Crippen LogP) is 3.02. The zero-order valence-electron chi connectivity index (χ0n) is 10.2. The van der Waals surface area contributed by atoms with E-state index in [1.807, 2.05) is 32.0 Å². The summed E-state index contributed by atoms with van der Waals surface area (Å²) in [4.78, 5) is 0. The van der Waals surface area contributed by atoms with Gasteiger partial charge in [-0.3, -0.25) is 0 Å². The molecule has 0 saturated heterocycles. The Balaban J connectivity index is 2.14. The van der Waals surface area contributed by atoms with Gasteiger partial charge in [0.1, 0.15) is 5.75 Å². The van der Waals surface area contributed by atoms with Gasteiger partial charge in [-0.25, -0.2) is 0 Å². The van der Waals surface area contributed by atoms with Crippen LogP contribution in [0, 0.1) is 0 Å². The van der Waals surface area contributed by atoms with Crippen molar-refractivity contribution in [1.82, 2.24) is 0 Å². The Labute approximate surface area is 97.0 Å². The maximum absolute atomic E-state index is 5.86. The molecule has 3 nitrogen and oxygen atoms in total. The van der Waals surface area contributed by atoms with Gasteiger partial charge in [0.2, 0.25) is 0 Å². The molecule has 16 heavy (non-hydrogen) atoms. The molecular weight excluding hydrogens is 200 g/mol. The Morgan fingerprint density at radius 2 is 2.06 bits per heavy atom. The molecule has 0 bridgehead atoms. The lowest BCUT2D eigenvalue weighted by atomic mass is 10.2. The minimum Gasteiger partial charge on any atom is -0.489 e. The van der Waals surface area contributed by atoms with E-state index in [2.05, 4.69) is 12.2 Å². The van der Waals surface area contributed by atoms with Crippen LogP contribution in [0.5, 0.6) is 5.75 Å². The first-order chi connectivity index (χ1) is 7.48. The van der Waals surface area contributed by atoms with E-state index in [-0.39, 0.29) is 11.6 Å². The first kappa shape index (κ1) is 11.1. The van der Waals surface area contributed by atoms with Crippen LogP contribution in [0.15, 0.2) is 18.2 Å². The number of hydrogen-bond acceptors (Lipinski definition) is 3. The molecule has 0 radical (unpaired) electrons. The fraction of sp³-hybridized carbons (Fsp3) is 0.538. The maximum atomic E-state index is 5.86. The van der Waals surface area contributed by atoms with Crippen molar-refractivity contribution in [3.63, 3.8) is 0 Å². The molecule has 1 aliphatic carbocycles. The zero-order valence-corrected chi connectivity index (χ0v) is 10.2. The maximum Gasteiger partial charge on any atom is 0.144 e. The average Bonchev–Trinajstić information content (AvgIpc) is 2.89. The highest BCUT2D eigenvalue weighted by molar-refractivity contribution is 5.62. The Morgan fingerprint density at radius 3 is 2.62 bits per heavy atom. The topological polar surface area (TPSA) is 47.3 Å². The average molecular weight is 220 g/mol. The van der Waals surface area contributed by atoms with Gasteiger partial charge in [-0.15, -0.1) is 0 Å². The summed E-state index contributed by atoms with van der Waals surface area (Å²) >= 11 is 0. The summed E-state index contributed by atoms with van der Waals surface area (Å²) in [6, 6.07) is 5.89. The van der Waals surface area contributed by atoms with Crippen molar-refractivity contribution in [3.8, 4) is 5.75 Å². The van der Waals surface area contributed by atoms with Crippen molar-refractivity contribution < 1.29 is 4.74 Å². The molecule has 3 N–H and O–H groups in total. The smallest absolute Gasteiger partial charge is 0.144 e. The first-order valence-corrected chi connectivity index (χ1v) is 5.83. The number of nitrogen functional groups attached to an aromatic ring is 1. The van der Waals surface area contributed by atoms with E-state index >= 15 is 0 Å². The van der Waals surface area contributed by atoms with Gasteiger partial charge in [0, 0.05) is 17.3 Å². The normalized spacial score (nSPS) is 17.2. The van der Waals surface area contributed by atoms with Gasteiger partial charge in [-0.2, -0.15) is 0 Å². The molecule has 1 saturated carbocycles. The van der Waals surface area contributed by atoms with Crippen LogP contribution in [0.1, 0.15) is 33.6 Å². The number of ether oxygens (including phenoxy) is 1. The Kier molecular flexibility index (Phi) is 2.70. The molecule has 0 aromatic heterocycles. The zero-order chi connectivity index (χ0) is 11.8. The molecule has 1 fully saturated rings. The fourth-order valence-electron chi connectivity index (χ4n) is 1.63. The third kappa shape index (κ3) is 2.60. The van der Waals surface area contributed by atoms with E-state index in [0.29, 0.717) is 5.69 Å². The van der Waals surface area contributed by atoms with Crippen molar-refractivity contribution in [2.75, 3.05) is 11.1 Å². The Bertz CT molecular complexity index is 384. The van der Waals surface area contributed by atoms with Gasteiger partial charge in [-0.05, 0) is 45.7 Å². The first-order valence-electron chi connectivity index (χ1n) is 5.83. The van der Waals surface area contributed by atoms with Crippen molar-refractivity contribution in [3.05, 3.63) is 18.2 Å².